The van der Waals surface area contributed by atoms with Crippen LogP contribution in [0.4, 0.5) is 4.39 Å². The zero-order chi connectivity index (χ0) is 22.6. The highest BCUT2D eigenvalue weighted by molar-refractivity contribution is 5.96. The highest BCUT2D eigenvalue weighted by atomic mass is 19.1. The Morgan fingerprint density at radius 1 is 1.09 bits per heavy atom. The summed E-state index contributed by atoms with van der Waals surface area (Å²) in [7, 11) is 0. The Hall–Kier alpha value is -3.87. The molecule has 0 N–H and O–H groups in total. The van der Waals surface area contributed by atoms with Crippen LogP contribution in [-0.2, 0) is 13.0 Å². The number of benzene rings is 2. The molecule has 1 fully saturated rings. The van der Waals surface area contributed by atoms with Crippen LogP contribution in [0.1, 0.15) is 51.8 Å². The van der Waals surface area contributed by atoms with E-state index in [4.69, 9.17) is 4.98 Å². The molecule has 2 aromatic heterocycles. The van der Waals surface area contributed by atoms with Gasteiger partial charge in [-0.15, -0.1) is 0 Å². The maximum Gasteiger partial charge on any atom is 0.254 e. The molecule has 4 aromatic rings. The number of hydrogen-bond acceptors (Lipinski definition) is 4. The van der Waals surface area contributed by atoms with Gasteiger partial charge in [0.25, 0.3) is 5.91 Å². The van der Waals surface area contributed by atoms with Crippen molar-refractivity contribution in [2.45, 2.75) is 31.8 Å². The minimum atomic E-state index is -0.266. The highest BCUT2D eigenvalue weighted by Gasteiger charge is 2.32. The van der Waals surface area contributed by atoms with Gasteiger partial charge in [-0.25, -0.2) is 4.39 Å². The lowest BCUT2D eigenvalue weighted by molar-refractivity contribution is 0.0731. The van der Waals surface area contributed by atoms with Gasteiger partial charge in [0.1, 0.15) is 5.82 Å². The molecular weight excluding hydrogens is 417 g/mol. The fourth-order valence-electron chi connectivity index (χ4n) is 4.43. The lowest BCUT2D eigenvalue weighted by Gasteiger charge is -2.25. The van der Waals surface area contributed by atoms with Gasteiger partial charge in [0.05, 0.1) is 30.2 Å². The normalized spacial score (nSPS) is 15.7. The van der Waals surface area contributed by atoms with Gasteiger partial charge in [-0.05, 0) is 48.2 Å². The molecule has 166 valence electrons. The lowest BCUT2D eigenvalue weighted by Crippen LogP contribution is -2.32. The predicted molar refractivity (Wildman–Crippen MR) is 122 cm³/mol. The Morgan fingerprint density at radius 3 is 2.85 bits per heavy atom. The Labute approximate surface area is 191 Å². The molecule has 33 heavy (non-hydrogen) atoms. The van der Waals surface area contributed by atoms with Crippen LogP contribution in [0, 0.1) is 5.82 Å². The Balaban J connectivity index is 1.38. The third-order valence-electron chi connectivity index (χ3n) is 5.97. The van der Waals surface area contributed by atoms with Crippen molar-refractivity contribution < 1.29 is 9.18 Å². The SMILES string of the molecule is O=C(c1ccccc1Cn1cccn1)N1CCCC1c1cncc(Cc2cccc(F)c2)n1. The molecule has 0 bridgehead atoms. The van der Waals surface area contributed by atoms with Crippen LogP contribution in [0.25, 0.3) is 0 Å². The van der Waals surface area contributed by atoms with E-state index in [0.29, 0.717) is 25.1 Å². The Kier molecular flexibility index (Phi) is 5.93. The first-order valence-corrected chi connectivity index (χ1v) is 11.1. The molecule has 0 saturated carbocycles. The molecule has 1 aliphatic heterocycles. The first kappa shape index (κ1) is 21.0. The number of hydrogen-bond donors (Lipinski definition) is 0. The van der Waals surface area contributed by atoms with Gasteiger partial charge in [0.15, 0.2) is 0 Å². The van der Waals surface area contributed by atoms with Gasteiger partial charge >= 0.3 is 0 Å². The summed E-state index contributed by atoms with van der Waals surface area (Å²) in [6.45, 7) is 1.21. The molecule has 1 saturated heterocycles. The largest absolute Gasteiger partial charge is 0.330 e. The van der Waals surface area contributed by atoms with Crippen LogP contribution < -0.4 is 0 Å². The standard InChI is InChI=1S/C26H24FN5O/c27-21-8-3-6-19(14-21)15-22-16-28-17-24(30-22)25-10-4-13-32(25)26(33)23-9-2-1-7-20(23)18-31-12-5-11-29-31/h1-3,5-9,11-12,14,16-17,25H,4,10,13,15,18H2. The predicted octanol–water partition coefficient (Wildman–Crippen LogP) is 4.43. The fraction of sp³-hybridized carbons (Fsp3) is 0.231. The number of carbonyl (C=O) groups is 1. The summed E-state index contributed by atoms with van der Waals surface area (Å²) < 4.78 is 15.4. The van der Waals surface area contributed by atoms with E-state index in [0.717, 1.165) is 35.4 Å². The zero-order valence-electron chi connectivity index (χ0n) is 18.1. The van der Waals surface area contributed by atoms with E-state index in [1.165, 1.54) is 12.1 Å². The second kappa shape index (κ2) is 9.32. The topological polar surface area (TPSA) is 63.9 Å². The van der Waals surface area contributed by atoms with Crippen molar-refractivity contribution in [2.24, 2.45) is 0 Å². The van der Waals surface area contributed by atoms with Crippen molar-refractivity contribution in [3.05, 3.63) is 113 Å². The van der Waals surface area contributed by atoms with E-state index >= 15 is 0 Å². The number of rotatable bonds is 6. The molecule has 7 heteroatoms. The Bertz CT molecular complexity index is 1260. The monoisotopic (exact) mass is 441 g/mol. The molecule has 1 aliphatic rings. The number of aromatic nitrogens is 4. The first-order valence-electron chi connectivity index (χ1n) is 11.1. The average molecular weight is 442 g/mol. The fourth-order valence-corrected chi connectivity index (χ4v) is 4.43. The van der Waals surface area contributed by atoms with E-state index in [-0.39, 0.29) is 17.8 Å². The summed E-state index contributed by atoms with van der Waals surface area (Å²) in [6, 6.07) is 15.9. The number of nitrogens with zero attached hydrogens (tertiary/aromatic N) is 5. The van der Waals surface area contributed by atoms with Crippen LogP contribution in [0.2, 0.25) is 0 Å². The Morgan fingerprint density at radius 2 is 2.00 bits per heavy atom. The van der Waals surface area contributed by atoms with Crippen LogP contribution >= 0.6 is 0 Å². The highest BCUT2D eigenvalue weighted by Crippen LogP contribution is 2.32. The third-order valence-corrected chi connectivity index (χ3v) is 5.97. The van der Waals surface area contributed by atoms with Crippen molar-refractivity contribution in [3.63, 3.8) is 0 Å². The van der Waals surface area contributed by atoms with Crippen molar-refractivity contribution in [1.82, 2.24) is 24.6 Å². The smallest absolute Gasteiger partial charge is 0.254 e. The number of carbonyl (C=O) groups excluding carboxylic acids is 1. The van der Waals surface area contributed by atoms with Gasteiger partial charge in [-0.3, -0.25) is 19.4 Å². The molecule has 1 amide bonds. The van der Waals surface area contributed by atoms with Crippen molar-refractivity contribution in [2.75, 3.05) is 6.54 Å². The molecular formula is C26H24FN5O. The molecule has 3 heterocycles. The molecule has 1 unspecified atom stereocenters. The molecule has 2 aromatic carbocycles. The van der Waals surface area contributed by atoms with Gasteiger partial charge in [0.2, 0.25) is 0 Å². The summed E-state index contributed by atoms with van der Waals surface area (Å²) in [4.78, 5) is 24.7. The van der Waals surface area contributed by atoms with E-state index in [2.05, 4.69) is 10.1 Å². The second-order valence-electron chi connectivity index (χ2n) is 8.26. The maximum atomic E-state index is 13.6. The molecule has 0 aliphatic carbocycles. The summed E-state index contributed by atoms with van der Waals surface area (Å²) in [5.41, 5.74) is 4.00. The minimum absolute atomic E-state index is 0.00223. The van der Waals surface area contributed by atoms with Crippen LogP contribution in [0.3, 0.4) is 0 Å². The summed E-state index contributed by atoms with van der Waals surface area (Å²) >= 11 is 0. The zero-order valence-corrected chi connectivity index (χ0v) is 18.1. The minimum Gasteiger partial charge on any atom is -0.330 e. The second-order valence-corrected chi connectivity index (χ2v) is 8.26. The van der Waals surface area contributed by atoms with Crippen LogP contribution in [-0.4, -0.2) is 37.1 Å². The van der Waals surface area contributed by atoms with Gasteiger partial charge < -0.3 is 4.90 Å². The summed E-state index contributed by atoms with van der Waals surface area (Å²) in [6.07, 6.45) is 9.30. The third kappa shape index (κ3) is 4.67. The lowest BCUT2D eigenvalue weighted by atomic mass is 10.0. The van der Waals surface area contributed by atoms with E-state index < -0.39 is 0 Å². The molecule has 5 rings (SSSR count). The average Bonchev–Trinajstić information content (AvgIpc) is 3.52. The summed E-state index contributed by atoms with van der Waals surface area (Å²) in [5, 5.41) is 4.27. The maximum absolute atomic E-state index is 13.6. The summed E-state index contributed by atoms with van der Waals surface area (Å²) in [5.74, 6) is -0.268. The van der Waals surface area contributed by atoms with E-state index in [1.807, 2.05) is 52.2 Å². The number of amides is 1. The van der Waals surface area contributed by atoms with Crippen LogP contribution in [0.5, 0.6) is 0 Å². The van der Waals surface area contributed by atoms with Crippen molar-refractivity contribution >= 4 is 5.91 Å². The van der Waals surface area contributed by atoms with E-state index in [1.54, 1.807) is 24.7 Å². The van der Waals surface area contributed by atoms with Crippen molar-refractivity contribution in [3.8, 4) is 0 Å². The molecule has 1 atom stereocenters. The number of likely N-dealkylation sites (tertiary alicyclic amines) is 1. The van der Waals surface area contributed by atoms with Gasteiger partial charge in [0, 0.05) is 37.1 Å². The molecule has 0 spiro atoms. The van der Waals surface area contributed by atoms with Gasteiger partial charge in [-0.1, -0.05) is 30.3 Å². The number of halogens is 1. The van der Waals surface area contributed by atoms with E-state index in [9.17, 15) is 9.18 Å². The molecule has 0 radical (unpaired) electrons. The van der Waals surface area contributed by atoms with Crippen LogP contribution in [0.15, 0.2) is 79.4 Å². The van der Waals surface area contributed by atoms with Crippen molar-refractivity contribution in [1.29, 1.82) is 0 Å². The first-order chi connectivity index (χ1) is 16.2. The quantitative estimate of drug-likeness (QED) is 0.444. The van der Waals surface area contributed by atoms with Gasteiger partial charge in [-0.2, -0.15) is 5.10 Å². The molecule has 6 nitrogen and oxygen atoms in total.